The van der Waals surface area contributed by atoms with Gasteiger partial charge in [-0.1, -0.05) is 58.5 Å². The van der Waals surface area contributed by atoms with E-state index in [4.69, 9.17) is 46.4 Å². The van der Waals surface area contributed by atoms with Gasteiger partial charge in [0.15, 0.2) is 0 Å². The second-order valence-electron chi connectivity index (χ2n) is 5.86. The minimum Gasteiger partial charge on any atom is -0.294 e. The zero-order valence-electron chi connectivity index (χ0n) is 13.5. The fourth-order valence-corrected chi connectivity index (χ4v) is 4.78. The van der Waals surface area contributed by atoms with Gasteiger partial charge in [0.05, 0.1) is 18.3 Å². The fourth-order valence-electron chi connectivity index (χ4n) is 2.82. The van der Waals surface area contributed by atoms with Crippen LogP contribution in [0.2, 0.25) is 20.1 Å². The molecular weight excluding hydrogens is 446 g/mol. The maximum Gasteiger partial charge on any atom is 0.263 e. The van der Waals surface area contributed by atoms with Crippen molar-refractivity contribution in [3.63, 3.8) is 0 Å². The fraction of sp³-hybridized carbons (Fsp3) is 0.0526. The van der Waals surface area contributed by atoms with Gasteiger partial charge >= 0.3 is 0 Å². The smallest absolute Gasteiger partial charge is 0.263 e. The Morgan fingerprint density at radius 2 is 1.63 bits per heavy atom. The van der Waals surface area contributed by atoms with Gasteiger partial charge in [-0.05, 0) is 29.8 Å². The molecule has 4 aromatic rings. The van der Waals surface area contributed by atoms with Crippen molar-refractivity contribution in [3.8, 4) is 11.1 Å². The van der Waals surface area contributed by atoms with Crippen molar-refractivity contribution in [3.05, 3.63) is 84.1 Å². The Labute approximate surface area is 178 Å². The molecule has 27 heavy (non-hydrogen) atoms. The number of thiophene rings is 1. The number of nitrogens with zero attached hydrogens (tertiary/aromatic N) is 2. The van der Waals surface area contributed by atoms with Crippen LogP contribution in [-0.2, 0) is 6.54 Å². The monoisotopic (exact) mass is 454 g/mol. The number of halogens is 4. The molecule has 0 fully saturated rings. The van der Waals surface area contributed by atoms with Crippen molar-refractivity contribution in [2.24, 2.45) is 0 Å². The molecule has 0 radical (unpaired) electrons. The van der Waals surface area contributed by atoms with E-state index >= 15 is 0 Å². The summed E-state index contributed by atoms with van der Waals surface area (Å²) in [5, 5.41) is 4.38. The molecule has 0 unspecified atom stereocenters. The van der Waals surface area contributed by atoms with Crippen molar-refractivity contribution in [2.45, 2.75) is 6.54 Å². The van der Waals surface area contributed by atoms with Gasteiger partial charge in [-0.2, -0.15) is 0 Å². The van der Waals surface area contributed by atoms with E-state index in [-0.39, 0.29) is 12.1 Å². The highest BCUT2D eigenvalue weighted by atomic mass is 35.5. The maximum atomic E-state index is 13.1. The molecule has 0 atom stereocenters. The lowest BCUT2D eigenvalue weighted by Crippen LogP contribution is -2.21. The van der Waals surface area contributed by atoms with Crippen LogP contribution in [-0.4, -0.2) is 9.55 Å². The number of hydrogen-bond donors (Lipinski definition) is 0. The summed E-state index contributed by atoms with van der Waals surface area (Å²) >= 11 is 25.9. The average molecular weight is 456 g/mol. The molecule has 3 nitrogen and oxygen atoms in total. The quantitative estimate of drug-likeness (QED) is 0.341. The molecular formula is C19H10Cl4N2OS. The second kappa shape index (κ2) is 7.46. The SMILES string of the molecule is O=c1c2c(-c3ccc(Cl)cc3)csc2ncn1Cc1c(Cl)cc(Cl)cc1Cl. The summed E-state index contributed by atoms with van der Waals surface area (Å²) < 4.78 is 1.50. The number of fused-ring (bicyclic) bond motifs is 1. The van der Waals surface area contributed by atoms with Crippen molar-refractivity contribution < 1.29 is 0 Å². The molecule has 2 heterocycles. The minimum atomic E-state index is -0.159. The standard InChI is InChI=1S/C19H10Cl4N2OS/c20-11-3-1-10(2-4-11)14-8-27-18-17(14)19(26)25(9-24-18)7-13-15(22)5-12(21)6-16(13)23/h1-6,8-9H,7H2. The maximum absolute atomic E-state index is 13.1. The molecule has 0 saturated heterocycles. The molecule has 0 aliphatic heterocycles. The third-order valence-corrected chi connectivity index (χ3v) is 6.18. The second-order valence-corrected chi connectivity index (χ2v) is 8.41. The lowest BCUT2D eigenvalue weighted by atomic mass is 10.1. The van der Waals surface area contributed by atoms with Gasteiger partial charge in [0.2, 0.25) is 0 Å². The van der Waals surface area contributed by atoms with E-state index in [1.54, 1.807) is 24.3 Å². The molecule has 0 spiro atoms. The van der Waals surface area contributed by atoms with Crippen molar-refractivity contribution in [2.75, 3.05) is 0 Å². The highest BCUT2D eigenvalue weighted by Gasteiger charge is 2.15. The summed E-state index contributed by atoms with van der Waals surface area (Å²) in [4.78, 5) is 18.2. The van der Waals surface area contributed by atoms with E-state index in [2.05, 4.69) is 4.98 Å². The first-order valence-electron chi connectivity index (χ1n) is 7.80. The van der Waals surface area contributed by atoms with Gasteiger partial charge in [-0.25, -0.2) is 4.98 Å². The Morgan fingerprint density at radius 3 is 2.30 bits per heavy atom. The Balaban J connectivity index is 1.84. The average Bonchev–Trinajstić information content (AvgIpc) is 3.05. The van der Waals surface area contributed by atoms with E-state index in [1.165, 1.54) is 22.2 Å². The largest absolute Gasteiger partial charge is 0.294 e. The Kier molecular flexibility index (Phi) is 5.19. The predicted octanol–water partition coefficient (Wildman–Crippen LogP) is 6.79. The third kappa shape index (κ3) is 3.60. The number of hydrogen-bond acceptors (Lipinski definition) is 3. The summed E-state index contributed by atoms with van der Waals surface area (Å²) in [6.07, 6.45) is 1.51. The zero-order valence-corrected chi connectivity index (χ0v) is 17.4. The summed E-state index contributed by atoms with van der Waals surface area (Å²) in [7, 11) is 0. The summed E-state index contributed by atoms with van der Waals surface area (Å²) in [6, 6.07) is 10.6. The van der Waals surface area contributed by atoms with E-state index in [9.17, 15) is 4.79 Å². The molecule has 0 saturated carbocycles. The van der Waals surface area contributed by atoms with Crippen LogP contribution >= 0.6 is 57.7 Å². The van der Waals surface area contributed by atoms with E-state index in [1.807, 2.05) is 17.5 Å². The van der Waals surface area contributed by atoms with E-state index < -0.39 is 0 Å². The van der Waals surface area contributed by atoms with Crippen molar-refractivity contribution in [1.82, 2.24) is 9.55 Å². The first-order valence-corrected chi connectivity index (χ1v) is 10.2. The van der Waals surface area contributed by atoms with Crippen LogP contribution in [0.25, 0.3) is 21.3 Å². The zero-order chi connectivity index (χ0) is 19.1. The molecule has 0 aliphatic rings. The Hall–Kier alpha value is -1.56. The van der Waals surface area contributed by atoms with Gasteiger partial charge < -0.3 is 0 Å². The first kappa shape index (κ1) is 18.8. The van der Waals surface area contributed by atoms with Crippen LogP contribution in [0.15, 0.2) is 52.9 Å². The third-order valence-electron chi connectivity index (χ3n) is 4.15. The number of benzene rings is 2. The van der Waals surface area contributed by atoms with E-state index in [0.29, 0.717) is 35.9 Å². The van der Waals surface area contributed by atoms with Crippen molar-refractivity contribution in [1.29, 1.82) is 0 Å². The van der Waals surface area contributed by atoms with Crippen LogP contribution in [0.5, 0.6) is 0 Å². The topological polar surface area (TPSA) is 34.9 Å². The molecule has 8 heteroatoms. The van der Waals surface area contributed by atoms with Gasteiger partial charge in [0, 0.05) is 36.6 Å². The molecule has 0 N–H and O–H groups in total. The van der Waals surface area contributed by atoms with Gasteiger partial charge in [0.1, 0.15) is 4.83 Å². The van der Waals surface area contributed by atoms with Crippen LogP contribution in [0, 0.1) is 0 Å². The highest BCUT2D eigenvalue weighted by molar-refractivity contribution is 7.17. The van der Waals surface area contributed by atoms with E-state index in [0.717, 1.165) is 11.1 Å². The van der Waals surface area contributed by atoms with Crippen LogP contribution < -0.4 is 5.56 Å². The highest BCUT2D eigenvalue weighted by Crippen LogP contribution is 2.32. The van der Waals surface area contributed by atoms with Gasteiger partial charge in [-0.3, -0.25) is 9.36 Å². The molecule has 0 amide bonds. The summed E-state index contributed by atoms with van der Waals surface area (Å²) in [6.45, 7) is 0.201. The first-order chi connectivity index (χ1) is 12.9. The van der Waals surface area contributed by atoms with Crippen LogP contribution in [0.4, 0.5) is 0 Å². The van der Waals surface area contributed by atoms with Crippen LogP contribution in [0.1, 0.15) is 5.56 Å². The number of aromatic nitrogens is 2. The summed E-state index contributed by atoms with van der Waals surface area (Å²) in [5.41, 5.74) is 2.19. The van der Waals surface area contributed by atoms with Crippen LogP contribution in [0.3, 0.4) is 0 Å². The Morgan fingerprint density at radius 1 is 0.963 bits per heavy atom. The molecule has 4 rings (SSSR count). The molecule has 0 aliphatic carbocycles. The molecule has 2 aromatic carbocycles. The summed E-state index contributed by atoms with van der Waals surface area (Å²) in [5.74, 6) is 0. The van der Waals surface area contributed by atoms with Gasteiger partial charge in [-0.15, -0.1) is 11.3 Å². The number of rotatable bonds is 3. The Bertz CT molecular complexity index is 1190. The lowest BCUT2D eigenvalue weighted by Gasteiger charge is -2.10. The lowest BCUT2D eigenvalue weighted by molar-refractivity contribution is 0.750. The van der Waals surface area contributed by atoms with Crippen molar-refractivity contribution >= 4 is 68.0 Å². The normalized spacial score (nSPS) is 11.3. The minimum absolute atomic E-state index is 0.159. The van der Waals surface area contributed by atoms with Gasteiger partial charge in [0.25, 0.3) is 5.56 Å². The predicted molar refractivity (Wildman–Crippen MR) is 115 cm³/mol. The molecule has 2 aromatic heterocycles. The molecule has 0 bridgehead atoms. The molecule has 136 valence electrons.